The summed E-state index contributed by atoms with van der Waals surface area (Å²) in [6.45, 7) is 7.42. The van der Waals surface area contributed by atoms with Gasteiger partial charge < -0.3 is 4.90 Å². The van der Waals surface area contributed by atoms with Crippen LogP contribution in [-0.4, -0.2) is 53.6 Å². The summed E-state index contributed by atoms with van der Waals surface area (Å²) in [5, 5.41) is 3.38. The van der Waals surface area contributed by atoms with E-state index in [-0.39, 0.29) is 6.04 Å². The minimum absolute atomic E-state index is 0.0694. The van der Waals surface area contributed by atoms with Crippen LogP contribution in [0, 0.1) is 5.92 Å². The lowest BCUT2D eigenvalue weighted by molar-refractivity contribution is -0.130. The molecule has 3 rings (SSSR count). The van der Waals surface area contributed by atoms with Gasteiger partial charge in [-0.2, -0.15) is 0 Å². The molecule has 0 bridgehead atoms. The third-order valence-corrected chi connectivity index (χ3v) is 4.50. The molecule has 1 N–H and O–H groups in total. The quantitative estimate of drug-likeness (QED) is 0.810. The van der Waals surface area contributed by atoms with Crippen molar-refractivity contribution in [2.75, 3.05) is 19.8 Å². The molecule has 2 saturated heterocycles. The summed E-state index contributed by atoms with van der Waals surface area (Å²) in [7, 11) is 0. The fourth-order valence-electron chi connectivity index (χ4n) is 3.33. The first kappa shape index (κ1) is 12.4. The van der Waals surface area contributed by atoms with Crippen LogP contribution in [-0.2, 0) is 4.79 Å². The Hall–Kier alpha value is -0.610. The molecule has 3 fully saturated rings. The first-order chi connectivity index (χ1) is 8.65. The number of carbonyl (C=O) groups is 1. The van der Waals surface area contributed by atoms with E-state index in [1.165, 1.54) is 19.4 Å². The molecule has 2 heterocycles. The zero-order valence-corrected chi connectivity index (χ0v) is 11.6. The summed E-state index contributed by atoms with van der Waals surface area (Å²) in [4.78, 5) is 17.0. The number of nitrogens with zero attached hydrogens (tertiary/aromatic N) is 2. The van der Waals surface area contributed by atoms with E-state index in [9.17, 15) is 4.79 Å². The number of hydrogen-bond acceptors (Lipinski definition) is 3. The highest BCUT2D eigenvalue weighted by Crippen LogP contribution is 2.31. The summed E-state index contributed by atoms with van der Waals surface area (Å²) >= 11 is 0. The molecule has 0 aromatic carbocycles. The van der Waals surface area contributed by atoms with Gasteiger partial charge in [0.15, 0.2) is 0 Å². The molecule has 1 aliphatic carbocycles. The van der Waals surface area contributed by atoms with E-state index in [1.54, 1.807) is 0 Å². The van der Waals surface area contributed by atoms with E-state index in [4.69, 9.17) is 0 Å². The van der Waals surface area contributed by atoms with Crippen molar-refractivity contribution in [2.24, 2.45) is 5.92 Å². The summed E-state index contributed by atoms with van der Waals surface area (Å²) in [6, 6.07) is 1.37. The average Bonchev–Trinajstić information content (AvgIpc) is 2.96. The molecule has 0 aromatic rings. The molecule has 2 aliphatic heterocycles. The van der Waals surface area contributed by atoms with Gasteiger partial charge in [-0.05, 0) is 31.6 Å². The highest BCUT2D eigenvalue weighted by Gasteiger charge is 2.41. The maximum absolute atomic E-state index is 12.4. The fraction of sp³-hybridized carbons (Fsp3) is 0.929. The van der Waals surface area contributed by atoms with Gasteiger partial charge in [-0.1, -0.05) is 13.8 Å². The normalized spacial score (nSPS) is 33.9. The molecule has 4 nitrogen and oxygen atoms in total. The molecule has 0 radical (unpaired) electrons. The Labute approximate surface area is 110 Å². The van der Waals surface area contributed by atoms with Crippen molar-refractivity contribution >= 4 is 5.91 Å². The second-order valence-corrected chi connectivity index (χ2v) is 6.52. The summed E-state index contributed by atoms with van der Waals surface area (Å²) in [6.07, 6.45) is 4.87. The van der Waals surface area contributed by atoms with Crippen LogP contribution in [0.5, 0.6) is 0 Å². The highest BCUT2D eigenvalue weighted by atomic mass is 16.2. The molecular weight excluding hydrogens is 226 g/mol. The van der Waals surface area contributed by atoms with Gasteiger partial charge in [0.2, 0.25) is 5.91 Å². The molecule has 1 saturated carbocycles. The number of nitrogens with one attached hydrogen (secondary N) is 1. The van der Waals surface area contributed by atoms with Crippen molar-refractivity contribution < 1.29 is 4.79 Å². The minimum atomic E-state index is 0.0694. The molecule has 4 heteroatoms. The van der Waals surface area contributed by atoms with Crippen molar-refractivity contribution in [1.82, 2.24) is 15.1 Å². The standard InChI is InChI=1S/C14H25N3O/c1-10(2)7-13-14(18)17(9-15-13)12-5-6-16(8-12)11-3-4-11/h10-13,15H,3-9H2,1-2H3. The second kappa shape index (κ2) is 4.82. The number of likely N-dealkylation sites (tertiary alicyclic amines) is 1. The predicted molar refractivity (Wildman–Crippen MR) is 71.1 cm³/mol. The van der Waals surface area contributed by atoms with E-state index in [2.05, 4.69) is 29.0 Å². The molecule has 18 heavy (non-hydrogen) atoms. The van der Waals surface area contributed by atoms with Gasteiger partial charge in [-0.25, -0.2) is 0 Å². The third kappa shape index (κ3) is 2.41. The third-order valence-electron chi connectivity index (χ3n) is 4.50. The zero-order valence-electron chi connectivity index (χ0n) is 11.6. The molecule has 0 aromatic heterocycles. The Morgan fingerprint density at radius 1 is 1.28 bits per heavy atom. The SMILES string of the molecule is CC(C)CC1NCN(C2CCN(C3CC3)C2)C1=O. The lowest BCUT2D eigenvalue weighted by Crippen LogP contribution is -2.40. The van der Waals surface area contributed by atoms with Crippen LogP contribution in [0.4, 0.5) is 0 Å². The van der Waals surface area contributed by atoms with E-state index in [0.717, 1.165) is 32.1 Å². The maximum atomic E-state index is 12.4. The van der Waals surface area contributed by atoms with Crippen molar-refractivity contribution in [3.8, 4) is 0 Å². The van der Waals surface area contributed by atoms with E-state index in [1.807, 2.05) is 0 Å². The van der Waals surface area contributed by atoms with Crippen molar-refractivity contribution in [2.45, 2.75) is 57.7 Å². The number of carbonyl (C=O) groups excluding carboxylic acids is 1. The van der Waals surface area contributed by atoms with Gasteiger partial charge in [-0.15, -0.1) is 0 Å². The Morgan fingerprint density at radius 3 is 2.72 bits per heavy atom. The monoisotopic (exact) mass is 251 g/mol. The summed E-state index contributed by atoms with van der Waals surface area (Å²) in [5.74, 6) is 0.921. The van der Waals surface area contributed by atoms with Crippen molar-refractivity contribution in [3.05, 3.63) is 0 Å². The molecule has 1 amide bonds. The molecule has 2 atom stereocenters. The van der Waals surface area contributed by atoms with E-state index in [0.29, 0.717) is 17.9 Å². The van der Waals surface area contributed by atoms with Crippen LogP contribution < -0.4 is 5.32 Å². The zero-order chi connectivity index (χ0) is 12.7. The van der Waals surface area contributed by atoms with E-state index < -0.39 is 0 Å². The van der Waals surface area contributed by atoms with Crippen LogP contribution >= 0.6 is 0 Å². The largest absolute Gasteiger partial charge is 0.324 e. The average molecular weight is 251 g/mol. The van der Waals surface area contributed by atoms with Crippen LogP contribution in [0.1, 0.15) is 39.5 Å². The molecular formula is C14H25N3O. The van der Waals surface area contributed by atoms with Crippen LogP contribution in [0.2, 0.25) is 0 Å². The van der Waals surface area contributed by atoms with Gasteiger partial charge >= 0.3 is 0 Å². The number of amides is 1. The Bertz CT molecular complexity index is 327. The van der Waals surface area contributed by atoms with Crippen LogP contribution in [0.15, 0.2) is 0 Å². The number of hydrogen-bond donors (Lipinski definition) is 1. The van der Waals surface area contributed by atoms with Crippen LogP contribution in [0.25, 0.3) is 0 Å². The minimum Gasteiger partial charge on any atom is -0.324 e. The fourth-order valence-corrected chi connectivity index (χ4v) is 3.33. The Kier molecular flexibility index (Phi) is 3.32. The van der Waals surface area contributed by atoms with Gasteiger partial charge in [0.25, 0.3) is 0 Å². The molecule has 102 valence electrons. The predicted octanol–water partition coefficient (Wildman–Crippen LogP) is 1.03. The maximum Gasteiger partial charge on any atom is 0.241 e. The topological polar surface area (TPSA) is 35.6 Å². The highest BCUT2D eigenvalue weighted by molar-refractivity contribution is 5.84. The van der Waals surface area contributed by atoms with Crippen molar-refractivity contribution in [1.29, 1.82) is 0 Å². The smallest absolute Gasteiger partial charge is 0.241 e. The summed E-state index contributed by atoms with van der Waals surface area (Å²) < 4.78 is 0. The van der Waals surface area contributed by atoms with E-state index >= 15 is 0 Å². The van der Waals surface area contributed by atoms with Gasteiger partial charge in [0.05, 0.1) is 12.7 Å². The van der Waals surface area contributed by atoms with Gasteiger partial charge in [0, 0.05) is 25.2 Å². The Balaban J connectivity index is 1.55. The second-order valence-electron chi connectivity index (χ2n) is 6.52. The Morgan fingerprint density at radius 2 is 2.06 bits per heavy atom. The molecule has 2 unspecified atom stereocenters. The van der Waals surface area contributed by atoms with Crippen LogP contribution in [0.3, 0.4) is 0 Å². The molecule has 3 aliphatic rings. The number of rotatable bonds is 4. The molecule has 0 spiro atoms. The van der Waals surface area contributed by atoms with Crippen molar-refractivity contribution in [3.63, 3.8) is 0 Å². The lowest BCUT2D eigenvalue weighted by atomic mass is 10.0. The first-order valence-electron chi connectivity index (χ1n) is 7.43. The van der Waals surface area contributed by atoms with Gasteiger partial charge in [0.1, 0.15) is 0 Å². The summed E-state index contributed by atoms with van der Waals surface area (Å²) in [5.41, 5.74) is 0. The lowest BCUT2D eigenvalue weighted by Gasteiger charge is -2.24. The van der Waals surface area contributed by atoms with Gasteiger partial charge in [-0.3, -0.25) is 15.0 Å². The first-order valence-corrected chi connectivity index (χ1v) is 7.43.